The molecule has 0 amide bonds. The lowest BCUT2D eigenvalue weighted by molar-refractivity contribution is -0.133. The highest BCUT2D eigenvalue weighted by atomic mass is 35.5. The quantitative estimate of drug-likeness (QED) is 0.874. The second kappa shape index (κ2) is 5.86. The molecule has 0 fully saturated rings. The average molecular weight is 317 g/mol. The highest BCUT2D eigenvalue weighted by Crippen LogP contribution is 2.29. The van der Waals surface area contributed by atoms with Crippen LogP contribution < -0.4 is 0 Å². The number of carbonyl (C=O) groups is 1. The number of carboxylic acids is 1. The van der Waals surface area contributed by atoms with E-state index in [1.807, 2.05) is 11.5 Å². The second-order valence-electron chi connectivity index (χ2n) is 3.80. The highest BCUT2D eigenvalue weighted by Gasteiger charge is 2.13. The number of hydrogen-bond acceptors (Lipinski definition) is 3. The first kappa shape index (κ1) is 14.2. The number of halogens is 2. The van der Waals surface area contributed by atoms with Gasteiger partial charge < -0.3 is 5.11 Å². The molecule has 1 N–H and O–H groups in total. The predicted molar refractivity (Wildman–Crippen MR) is 76.7 cm³/mol. The SMILES string of the molecule is Cc1cnc(SCC(=O)O)n1-c1ccc(Cl)cc1Cl. The molecule has 19 heavy (non-hydrogen) atoms. The van der Waals surface area contributed by atoms with E-state index in [0.29, 0.717) is 15.2 Å². The summed E-state index contributed by atoms with van der Waals surface area (Å²) in [4.78, 5) is 14.8. The molecule has 0 aliphatic rings. The number of aliphatic carboxylic acids is 1. The lowest BCUT2D eigenvalue weighted by Gasteiger charge is -2.11. The number of imidazole rings is 1. The van der Waals surface area contributed by atoms with Gasteiger partial charge in [-0.3, -0.25) is 9.36 Å². The summed E-state index contributed by atoms with van der Waals surface area (Å²) in [5.41, 5.74) is 1.60. The van der Waals surface area contributed by atoms with E-state index in [0.717, 1.165) is 23.1 Å². The van der Waals surface area contributed by atoms with Crippen molar-refractivity contribution in [2.45, 2.75) is 12.1 Å². The van der Waals surface area contributed by atoms with Gasteiger partial charge in [-0.05, 0) is 25.1 Å². The van der Waals surface area contributed by atoms with E-state index in [4.69, 9.17) is 28.3 Å². The fourth-order valence-corrected chi connectivity index (χ4v) is 2.84. The van der Waals surface area contributed by atoms with Crippen molar-refractivity contribution in [3.63, 3.8) is 0 Å². The number of hydrogen-bond donors (Lipinski definition) is 1. The van der Waals surface area contributed by atoms with Crippen molar-refractivity contribution < 1.29 is 9.90 Å². The Hall–Kier alpha value is -1.17. The Morgan fingerprint density at radius 2 is 2.21 bits per heavy atom. The van der Waals surface area contributed by atoms with E-state index in [1.54, 1.807) is 24.4 Å². The normalized spacial score (nSPS) is 10.7. The van der Waals surface area contributed by atoms with Gasteiger partial charge in [0.15, 0.2) is 5.16 Å². The highest BCUT2D eigenvalue weighted by molar-refractivity contribution is 7.99. The first-order valence-electron chi connectivity index (χ1n) is 5.33. The summed E-state index contributed by atoms with van der Waals surface area (Å²) < 4.78 is 1.81. The molecule has 2 rings (SSSR count). The number of rotatable bonds is 4. The molecule has 0 atom stereocenters. The van der Waals surface area contributed by atoms with Crippen molar-refractivity contribution in [2.75, 3.05) is 5.75 Å². The van der Waals surface area contributed by atoms with Crippen molar-refractivity contribution in [1.82, 2.24) is 9.55 Å². The second-order valence-corrected chi connectivity index (χ2v) is 5.58. The number of aryl methyl sites for hydroxylation is 1. The third-order valence-corrected chi connectivity index (χ3v) is 3.86. The number of nitrogens with zero attached hydrogens (tertiary/aromatic N) is 2. The van der Waals surface area contributed by atoms with Crippen LogP contribution in [0.2, 0.25) is 10.0 Å². The monoisotopic (exact) mass is 316 g/mol. The molecule has 0 bridgehead atoms. The first-order chi connectivity index (χ1) is 8.99. The number of aromatic nitrogens is 2. The molecule has 1 heterocycles. The fourth-order valence-electron chi connectivity index (χ4n) is 1.60. The minimum absolute atomic E-state index is 0.0539. The molecular formula is C12H10Cl2N2O2S. The van der Waals surface area contributed by atoms with Crippen molar-refractivity contribution in [2.24, 2.45) is 0 Å². The van der Waals surface area contributed by atoms with Gasteiger partial charge in [0, 0.05) is 16.9 Å². The number of carboxylic acid groups (broad SMARTS) is 1. The molecule has 0 unspecified atom stereocenters. The van der Waals surface area contributed by atoms with Gasteiger partial charge in [0.05, 0.1) is 16.5 Å². The van der Waals surface area contributed by atoms with E-state index in [2.05, 4.69) is 4.98 Å². The van der Waals surface area contributed by atoms with Crippen LogP contribution in [0.15, 0.2) is 29.6 Å². The maximum Gasteiger partial charge on any atom is 0.313 e. The van der Waals surface area contributed by atoms with Crippen LogP contribution in [-0.4, -0.2) is 26.4 Å². The van der Waals surface area contributed by atoms with Gasteiger partial charge in [-0.15, -0.1) is 0 Å². The average Bonchev–Trinajstić information content (AvgIpc) is 2.68. The van der Waals surface area contributed by atoms with Crippen LogP contribution in [0.3, 0.4) is 0 Å². The molecule has 1 aromatic carbocycles. The van der Waals surface area contributed by atoms with Crippen molar-refractivity contribution in [1.29, 1.82) is 0 Å². The molecule has 4 nitrogen and oxygen atoms in total. The molecule has 1 aromatic heterocycles. The minimum atomic E-state index is -0.889. The summed E-state index contributed by atoms with van der Waals surface area (Å²) in [5, 5.41) is 10.4. The number of thioether (sulfide) groups is 1. The van der Waals surface area contributed by atoms with E-state index in [-0.39, 0.29) is 5.75 Å². The lowest BCUT2D eigenvalue weighted by atomic mass is 10.3. The molecule has 0 aliphatic heterocycles. The summed E-state index contributed by atoms with van der Waals surface area (Å²) in [5.74, 6) is -0.943. The largest absolute Gasteiger partial charge is 0.481 e. The van der Waals surface area contributed by atoms with E-state index in [9.17, 15) is 4.79 Å². The Labute approximate surface area is 124 Å². The van der Waals surface area contributed by atoms with Crippen LogP contribution in [0.4, 0.5) is 0 Å². The molecule has 0 saturated carbocycles. The zero-order valence-corrected chi connectivity index (χ0v) is 12.3. The molecule has 0 saturated heterocycles. The zero-order chi connectivity index (χ0) is 14.0. The Morgan fingerprint density at radius 3 is 2.84 bits per heavy atom. The summed E-state index contributed by atoms with van der Waals surface area (Å²) >= 11 is 13.2. The molecule has 0 aliphatic carbocycles. The first-order valence-corrected chi connectivity index (χ1v) is 7.07. The Morgan fingerprint density at radius 1 is 1.47 bits per heavy atom. The van der Waals surface area contributed by atoms with E-state index >= 15 is 0 Å². The standard InChI is InChI=1S/C12H10Cl2N2O2S/c1-7-5-15-12(19-6-11(17)18)16(7)10-3-2-8(13)4-9(10)14/h2-5H,6H2,1H3,(H,17,18). The maximum atomic E-state index is 10.6. The maximum absolute atomic E-state index is 10.6. The smallest absolute Gasteiger partial charge is 0.313 e. The summed E-state index contributed by atoms with van der Waals surface area (Å²) in [6.45, 7) is 1.88. The molecule has 100 valence electrons. The van der Waals surface area contributed by atoms with E-state index < -0.39 is 5.97 Å². The Balaban J connectivity index is 2.43. The van der Waals surface area contributed by atoms with Crippen molar-refractivity contribution in [3.05, 3.63) is 40.1 Å². The third kappa shape index (κ3) is 3.23. The summed E-state index contributed by atoms with van der Waals surface area (Å²) in [6, 6.07) is 5.15. The van der Waals surface area contributed by atoms with Crippen molar-refractivity contribution in [3.8, 4) is 5.69 Å². The minimum Gasteiger partial charge on any atom is -0.481 e. The van der Waals surface area contributed by atoms with Crippen LogP contribution >= 0.6 is 35.0 Å². The van der Waals surface area contributed by atoms with Gasteiger partial charge in [-0.2, -0.15) is 0 Å². The van der Waals surface area contributed by atoms with Gasteiger partial charge in [0.25, 0.3) is 0 Å². The van der Waals surface area contributed by atoms with Crippen LogP contribution in [-0.2, 0) is 4.79 Å². The van der Waals surface area contributed by atoms with Crippen LogP contribution in [0.1, 0.15) is 5.69 Å². The molecule has 0 spiro atoms. The van der Waals surface area contributed by atoms with Crippen LogP contribution in [0.25, 0.3) is 5.69 Å². The molecule has 0 radical (unpaired) electrons. The topological polar surface area (TPSA) is 55.1 Å². The summed E-state index contributed by atoms with van der Waals surface area (Å²) in [6.07, 6.45) is 1.68. The number of benzene rings is 1. The zero-order valence-electron chi connectivity index (χ0n) is 9.93. The predicted octanol–water partition coefficient (Wildman–Crippen LogP) is 3.66. The molecular weight excluding hydrogens is 307 g/mol. The van der Waals surface area contributed by atoms with Gasteiger partial charge in [0.1, 0.15) is 0 Å². The van der Waals surface area contributed by atoms with Gasteiger partial charge in [-0.1, -0.05) is 35.0 Å². The van der Waals surface area contributed by atoms with Gasteiger partial charge >= 0.3 is 5.97 Å². The van der Waals surface area contributed by atoms with Gasteiger partial charge in [-0.25, -0.2) is 4.98 Å². The van der Waals surface area contributed by atoms with E-state index in [1.165, 1.54) is 0 Å². The summed E-state index contributed by atoms with van der Waals surface area (Å²) in [7, 11) is 0. The van der Waals surface area contributed by atoms with Gasteiger partial charge in [0.2, 0.25) is 0 Å². The Bertz CT molecular complexity index is 628. The lowest BCUT2D eigenvalue weighted by Crippen LogP contribution is -2.03. The van der Waals surface area contributed by atoms with Crippen molar-refractivity contribution >= 4 is 40.9 Å². The molecule has 2 aromatic rings. The third-order valence-electron chi connectivity index (χ3n) is 2.38. The molecule has 7 heteroatoms. The van der Waals surface area contributed by atoms with Crippen LogP contribution in [0, 0.1) is 6.92 Å². The van der Waals surface area contributed by atoms with Crippen LogP contribution in [0.5, 0.6) is 0 Å². The fraction of sp³-hybridized carbons (Fsp3) is 0.167. The Kier molecular flexibility index (Phi) is 4.39.